The van der Waals surface area contributed by atoms with Gasteiger partial charge >= 0.3 is 5.97 Å². The topological polar surface area (TPSA) is 59.4 Å². The molecule has 1 aromatic rings. The van der Waals surface area contributed by atoms with Gasteiger partial charge in [0, 0.05) is 12.4 Å². The van der Waals surface area contributed by atoms with Gasteiger partial charge in [-0.05, 0) is 18.1 Å². The number of hydrogen-bond acceptors (Lipinski definition) is 3. The van der Waals surface area contributed by atoms with E-state index in [0.717, 1.165) is 5.56 Å². The summed E-state index contributed by atoms with van der Waals surface area (Å²) >= 11 is 0. The van der Waals surface area contributed by atoms with Crippen LogP contribution in [0.3, 0.4) is 0 Å². The Morgan fingerprint density at radius 3 is 2.86 bits per heavy atom. The molecule has 0 aliphatic carbocycles. The second-order valence-corrected chi connectivity index (χ2v) is 3.62. The van der Waals surface area contributed by atoms with Crippen molar-refractivity contribution in [1.29, 1.82) is 0 Å². The minimum absolute atomic E-state index is 0.303. The van der Waals surface area contributed by atoms with Crippen molar-refractivity contribution in [2.24, 2.45) is 5.41 Å². The summed E-state index contributed by atoms with van der Waals surface area (Å²) in [5, 5.41) is 9.04. The lowest BCUT2D eigenvalue weighted by molar-refractivity contribution is -0.179. The predicted octanol–water partition coefficient (Wildman–Crippen LogP) is 0.725. The van der Waals surface area contributed by atoms with Crippen molar-refractivity contribution in [3.63, 3.8) is 0 Å². The fourth-order valence-corrected chi connectivity index (χ4v) is 1.54. The Morgan fingerprint density at radius 2 is 2.43 bits per heavy atom. The molecule has 1 aromatic heterocycles. The number of pyridine rings is 1. The smallest absolute Gasteiger partial charge is 0.314 e. The molecule has 0 aromatic carbocycles. The molecule has 2 rings (SSSR count). The number of carboxylic acid groups (broad SMARTS) is 1. The zero-order valence-electron chi connectivity index (χ0n) is 7.64. The van der Waals surface area contributed by atoms with Crippen molar-refractivity contribution in [2.75, 3.05) is 13.2 Å². The highest BCUT2D eigenvalue weighted by Gasteiger charge is 2.46. The van der Waals surface area contributed by atoms with E-state index < -0.39 is 11.4 Å². The van der Waals surface area contributed by atoms with Crippen LogP contribution < -0.4 is 0 Å². The van der Waals surface area contributed by atoms with E-state index in [1.54, 1.807) is 12.4 Å². The number of hydrogen-bond donors (Lipinski definition) is 1. The van der Waals surface area contributed by atoms with E-state index in [0.29, 0.717) is 19.6 Å². The van der Waals surface area contributed by atoms with Crippen LogP contribution in [-0.4, -0.2) is 29.3 Å². The third-order valence-corrected chi connectivity index (χ3v) is 2.48. The average Bonchev–Trinajstić information content (AvgIpc) is 2.12. The van der Waals surface area contributed by atoms with Gasteiger partial charge in [0.2, 0.25) is 0 Å². The second-order valence-electron chi connectivity index (χ2n) is 3.62. The first-order valence-electron chi connectivity index (χ1n) is 4.43. The fourth-order valence-electron chi connectivity index (χ4n) is 1.54. The van der Waals surface area contributed by atoms with Gasteiger partial charge in [-0.1, -0.05) is 6.07 Å². The molecule has 0 atom stereocenters. The molecule has 14 heavy (non-hydrogen) atoms. The Hall–Kier alpha value is -1.42. The van der Waals surface area contributed by atoms with Crippen molar-refractivity contribution in [3.8, 4) is 0 Å². The fraction of sp³-hybridized carbons (Fsp3) is 0.400. The molecule has 2 heterocycles. The Bertz CT molecular complexity index is 332. The molecule has 1 aliphatic rings. The van der Waals surface area contributed by atoms with Crippen LogP contribution in [0.25, 0.3) is 0 Å². The van der Waals surface area contributed by atoms with Crippen LogP contribution in [0.15, 0.2) is 24.5 Å². The third kappa shape index (κ3) is 1.48. The number of aliphatic carboxylic acids is 1. The molecular formula is C10H11NO3. The van der Waals surface area contributed by atoms with Gasteiger partial charge in [-0.15, -0.1) is 0 Å². The average molecular weight is 193 g/mol. The van der Waals surface area contributed by atoms with Crippen molar-refractivity contribution < 1.29 is 14.6 Å². The molecule has 0 spiro atoms. The zero-order chi connectivity index (χ0) is 10.0. The lowest BCUT2D eigenvalue weighted by Crippen LogP contribution is -2.50. The second kappa shape index (κ2) is 3.38. The Morgan fingerprint density at radius 1 is 1.64 bits per heavy atom. The highest BCUT2D eigenvalue weighted by atomic mass is 16.5. The largest absolute Gasteiger partial charge is 0.481 e. The molecular weight excluding hydrogens is 182 g/mol. The minimum atomic E-state index is -0.785. The number of carbonyl (C=O) groups is 1. The summed E-state index contributed by atoms with van der Waals surface area (Å²) in [5.74, 6) is -0.785. The van der Waals surface area contributed by atoms with E-state index in [-0.39, 0.29) is 0 Å². The molecule has 0 unspecified atom stereocenters. The van der Waals surface area contributed by atoms with Gasteiger partial charge in [-0.25, -0.2) is 0 Å². The number of rotatable bonds is 3. The van der Waals surface area contributed by atoms with E-state index >= 15 is 0 Å². The van der Waals surface area contributed by atoms with Gasteiger partial charge in [0.1, 0.15) is 5.41 Å². The van der Waals surface area contributed by atoms with Gasteiger partial charge in [-0.3, -0.25) is 9.78 Å². The molecule has 1 saturated heterocycles. The molecule has 4 nitrogen and oxygen atoms in total. The van der Waals surface area contributed by atoms with Crippen LogP contribution in [0, 0.1) is 5.41 Å². The summed E-state index contributed by atoms with van der Waals surface area (Å²) in [5.41, 5.74) is 0.224. The lowest BCUT2D eigenvalue weighted by Gasteiger charge is -2.37. The molecule has 1 fully saturated rings. The van der Waals surface area contributed by atoms with E-state index in [4.69, 9.17) is 9.84 Å². The first-order valence-corrected chi connectivity index (χ1v) is 4.43. The summed E-state index contributed by atoms with van der Waals surface area (Å²) in [4.78, 5) is 15.0. The molecule has 4 heteroatoms. The SMILES string of the molecule is O=C(O)C1(Cc2cccnc2)COC1. The number of carboxylic acids is 1. The van der Waals surface area contributed by atoms with Crippen LogP contribution in [0.4, 0.5) is 0 Å². The van der Waals surface area contributed by atoms with Crippen LogP contribution in [0.2, 0.25) is 0 Å². The molecule has 0 saturated carbocycles. The highest BCUT2D eigenvalue weighted by Crippen LogP contribution is 2.31. The first-order chi connectivity index (χ1) is 6.73. The molecule has 0 amide bonds. The van der Waals surface area contributed by atoms with Crippen LogP contribution >= 0.6 is 0 Å². The van der Waals surface area contributed by atoms with Crippen molar-refractivity contribution in [1.82, 2.24) is 4.98 Å². The first kappa shape index (κ1) is 9.15. The summed E-state index contributed by atoms with van der Waals surface area (Å²) < 4.78 is 4.97. The van der Waals surface area contributed by atoms with Gasteiger partial charge in [0.25, 0.3) is 0 Å². The van der Waals surface area contributed by atoms with Crippen molar-refractivity contribution >= 4 is 5.97 Å². The Balaban J connectivity index is 2.13. The maximum atomic E-state index is 11.0. The van der Waals surface area contributed by atoms with Crippen molar-refractivity contribution in [3.05, 3.63) is 30.1 Å². The van der Waals surface area contributed by atoms with Gasteiger partial charge in [0.15, 0.2) is 0 Å². The highest BCUT2D eigenvalue weighted by molar-refractivity contribution is 5.76. The molecule has 74 valence electrons. The van der Waals surface area contributed by atoms with E-state index in [9.17, 15) is 4.79 Å². The summed E-state index contributed by atoms with van der Waals surface area (Å²) in [6.07, 6.45) is 3.87. The maximum Gasteiger partial charge on any atom is 0.314 e. The summed E-state index contributed by atoms with van der Waals surface area (Å²) in [6.45, 7) is 0.606. The van der Waals surface area contributed by atoms with E-state index in [1.165, 1.54) is 0 Å². The van der Waals surface area contributed by atoms with Gasteiger partial charge < -0.3 is 9.84 Å². The number of nitrogens with zero attached hydrogens (tertiary/aromatic N) is 1. The van der Waals surface area contributed by atoms with Gasteiger partial charge in [0.05, 0.1) is 13.2 Å². The minimum Gasteiger partial charge on any atom is -0.481 e. The van der Waals surface area contributed by atoms with Crippen LogP contribution in [0.1, 0.15) is 5.56 Å². The summed E-state index contributed by atoms with van der Waals surface area (Å²) in [6, 6.07) is 3.69. The zero-order valence-corrected chi connectivity index (χ0v) is 7.64. The van der Waals surface area contributed by atoms with E-state index in [1.807, 2.05) is 12.1 Å². The molecule has 1 aliphatic heterocycles. The monoisotopic (exact) mass is 193 g/mol. The summed E-state index contributed by atoms with van der Waals surface area (Å²) in [7, 11) is 0. The number of aromatic nitrogens is 1. The van der Waals surface area contributed by atoms with Crippen LogP contribution in [0.5, 0.6) is 0 Å². The molecule has 0 radical (unpaired) electrons. The van der Waals surface area contributed by atoms with Crippen LogP contribution in [-0.2, 0) is 16.0 Å². The van der Waals surface area contributed by atoms with Gasteiger partial charge in [-0.2, -0.15) is 0 Å². The molecule has 0 bridgehead atoms. The normalized spacial score (nSPS) is 18.6. The Labute approximate surface area is 81.5 Å². The quantitative estimate of drug-likeness (QED) is 0.768. The standard InChI is InChI=1S/C10H11NO3/c12-9(13)10(6-14-7-10)4-8-2-1-3-11-5-8/h1-3,5H,4,6-7H2,(H,12,13). The Kier molecular flexibility index (Phi) is 2.21. The number of ether oxygens (including phenoxy) is 1. The van der Waals surface area contributed by atoms with Crippen molar-refractivity contribution in [2.45, 2.75) is 6.42 Å². The maximum absolute atomic E-state index is 11.0. The third-order valence-electron chi connectivity index (χ3n) is 2.48. The molecule has 1 N–H and O–H groups in total. The van der Waals surface area contributed by atoms with E-state index in [2.05, 4.69) is 4.98 Å². The lowest BCUT2D eigenvalue weighted by atomic mass is 9.80. The predicted molar refractivity (Wildman–Crippen MR) is 48.8 cm³/mol.